The minimum absolute atomic E-state index is 0.406. The van der Waals surface area contributed by atoms with Crippen LogP contribution in [-0.2, 0) is 29.5 Å². The molecule has 2 heterocycles. The van der Waals surface area contributed by atoms with Crippen molar-refractivity contribution in [2.45, 2.75) is 57.3 Å². The van der Waals surface area contributed by atoms with Crippen molar-refractivity contribution in [3.63, 3.8) is 0 Å². The number of fused-ring (bicyclic) bond motifs is 2. The summed E-state index contributed by atoms with van der Waals surface area (Å²) in [5, 5.41) is 2.20. The van der Waals surface area contributed by atoms with E-state index in [9.17, 15) is 4.79 Å². The van der Waals surface area contributed by atoms with Gasteiger partial charge in [-0.25, -0.2) is 0 Å². The maximum atomic E-state index is 11.8. The summed E-state index contributed by atoms with van der Waals surface area (Å²) in [6.07, 6.45) is -3.06. The normalized spacial score (nSPS) is 30.5. The average molecular weight is 465 g/mol. The fourth-order valence-electron chi connectivity index (χ4n) is 4.62. The maximum absolute atomic E-state index is 11.8. The molecule has 0 radical (unpaired) electrons. The van der Waals surface area contributed by atoms with Gasteiger partial charge in [-0.2, -0.15) is 0 Å². The molecule has 7 heteroatoms. The molecule has 34 heavy (non-hydrogen) atoms. The Kier molecular flexibility index (Phi) is 5.93. The zero-order valence-electron chi connectivity index (χ0n) is 19.6. The van der Waals surface area contributed by atoms with Gasteiger partial charge >= 0.3 is 5.97 Å². The highest BCUT2D eigenvalue weighted by Crippen LogP contribution is 2.44. The van der Waals surface area contributed by atoms with Crippen molar-refractivity contribution < 1.29 is 33.2 Å². The first-order valence-corrected chi connectivity index (χ1v) is 11.3. The van der Waals surface area contributed by atoms with E-state index < -0.39 is 42.5 Å². The van der Waals surface area contributed by atoms with E-state index in [0.717, 1.165) is 22.1 Å². The third-order valence-corrected chi connectivity index (χ3v) is 6.34. The molecule has 2 aliphatic heterocycles. The summed E-state index contributed by atoms with van der Waals surface area (Å²) in [5.74, 6) is -0.156. The smallest absolute Gasteiger partial charge is 0.303 e. The van der Waals surface area contributed by atoms with Crippen molar-refractivity contribution in [3.05, 3.63) is 72.3 Å². The molecule has 0 spiro atoms. The summed E-state index contributed by atoms with van der Waals surface area (Å²) in [6, 6.07) is 21.4. The molecular weight excluding hydrogens is 436 g/mol. The molecule has 0 bridgehead atoms. The second-order valence-electron chi connectivity index (χ2n) is 8.75. The molecule has 3 aromatic rings. The quantitative estimate of drug-likeness (QED) is 0.513. The van der Waals surface area contributed by atoms with Crippen molar-refractivity contribution in [1.82, 2.24) is 0 Å². The third-order valence-electron chi connectivity index (χ3n) is 6.34. The molecule has 5 rings (SSSR count). The van der Waals surface area contributed by atoms with Gasteiger partial charge in [-0.05, 0) is 55.0 Å². The van der Waals surface area contributed by atoms with Gasteiger partial charge in [0.2, 0.25) is 6.29 Å². The van der Waals surface area contributed by atoms with Crippen LogP contribution < -0.4 is 9.47 Å². The Bertz CT molecular complexity index is 1180. The van der Waals surface area contributed by atoms with Crippen LogP contribution in [0.2, 0.25) is 0 Å². The Morgan fingerprint density at radius 3 is 2.29 bits per heavy atom. The van der Waals surface area contributed by atoms with Gasteiger partial charge in [0.25, 0.3) is 0 Å². The van der Waals surface area contributed by atoms with Crippen LogP contribution in [0.3, 0.4) is 0 Å². The number of ether oxygens (including phenoxy) is 6. The highest BCUT2D eigenvalue weighted by Gasteiger charge is 2.58. The van der Waals surface area contributed by atoms with E-state index in [1.807, 2.05) is 56.3 Å². The second kappa shape index (κ2) is 8.91. The lowest BCUT2D eigenvalue weighted by molar-refractivity contribution is -0.247. The molecule has 2 fully saturated rings. The molecule has 0 unspecified atom stereocenters. The van der Waals surface area contributed by atoms with Gasteiger partial charge in [-0.3, -0.25) is 4.79 Å². The third kappa shape index (κ3) is 4.22. The van der Waals surface area contributed by atoms with E-state index in [4.69, 9.17) is 28.4 Å². The van der Waals surface area contributed by atoms with Gasteiger partial charge in [-0.1, -0.05) is 36.4 Å². The summed E-state index contributed by atoms with van der Waals surface area (Å²) in [7, 11) is 1.61. The van der Waals surface area contributed by atoms with Gasteiger partial charge in [0.1, 0.15) is 17.6 Å². The van der Waals surface area contributed by atoms with Crippen LogP contribution >= 0.6 is 0 Å². The predicted molar refractivity (Wildman–Crippen MR) is 125 cm³/mol. The van der Waals surface area contributed by atoms with Crippen LogP contribution in [0.25, 0.3) is 10.8 Å². The average Bonchev–Trinajstić information content (AvgIpc) is 3.20. The SMILES string of the molecule is COc1ccc(O[C@@H]2O[C@@H](C)[C@H](OC(C)=O)[C@H]3O[C@@](C)(c4ccc5ccccc5c4)O[C@@H]23)cc1. The van der Waals surface area contributed by atoms with Crippen LogP contribution in [-0.4, -0.2) is 43.8 Å². The van der Waals surface area contributed by atoms with Gasteiger partial charge < -0.3 is 28.4 Å². The lowest BCUT2D eigenvalue weighted by atomic mass is 9.99. The Morgan fingerprint density at radius 1 is 0.912 bits per heavy atom. The molecule has 2 saturated heterocycles. The molecule has 0 aliphatic carbocycles. The second-order valence-corrected chi connectivity index (χ2v) is 8.75. The Hall–Kier alpha value is -3.13. The van der Waals surface area contributed by atoms with E-state index in [1.54, 1.807) is 19.2 Å². The van der Waals surface area contributed by atoms with E-state index in [2.05, 4.69) is 12.1 Å². The zero-order chi connectivity index (χ0) is 23.9. The van der Waals surface area contributed by atoms with Crippen molar-refractivity contribution in [2.24, 2.45) is 0 Å². The molecule has 0 aromatic heterocycles. The van der Waals surface area contributed by atoms with Gasteiger partial charge in [0.05, 0.1) is 13.2 Å². The van der Waals surface area contributed by atoms with Crippen LogP contribution in [0.15, 0.2) is 66.7 Å². The highest BCUT2D eigenvalue weighted by atomic mass is 16.8. The largest absolute Gasteiger partial charge is 0.497 e. The zero-order valence-corrected chi connectivity index (χ0v) is 19.6. The first kappa shape index (κ1) is 22.7. The van der Waals surface area contributed by atoms with E-state index in [1.165, 1.54) is 6.92 Å². The first-order chi connectivity index (χ1) is 16.4. The maximum Gasteiger partial charge on any atom is 0.303 e. The van der Waals surface area contributed by atoms with Crippen molar-refractivity contribution in [3.8, 4) is 11.5 Å². The molecule has 6 atom stereocenters. The molecular formula is C27H28O7. The summed E-state index contributed by atoms with van der Waals surface area (Å²) in [6.45, 7) is 5.08. The summed E-state index contributed by atoms with van der Waals surface area (Å²) < 4.78 is 36.1. The van der Waals surface area contributed by atoms with E-state index >= 15 is 0 Å². The molecule has 7 nitrogen and oxygen atoms in total. The van der Waals surface area contributed by atoms with E-state index in [0.29, 0.717) is 5.75 Å². The molecule has 0 amide bonds. The van der Waals surface area contributed by atoms with Crippen LogP contribution in [0.4, 0.5) is 0 Å². The predicted octanol–water partition coefficient (Wildman–Crippen LogP) is 4.56. The van der Waals surface area contributed by atoms with Crippen LogP contribution in [0, 0.1) is 0 Å². The van der Waals surface area contributed by atoms with Crippen molar-refractivity contribution in [1.29, 1.82) is 0 Å². The van der Waals surface area contributed by atoms with Crippen molar-refractivity contribution >= 4 is 16.7 Å². The lowest BCUT2D eigenvalue weighted by Gasteiger charge is -2.39. The summed E-state index contributed by atoms with van der Waals surface area (Å²) in [5.41, 5.74) is 0.859. The Labute approximate surface area is 198 Å². The Morgan fingerprint density at radius 2 is 1.59 bits per heavy atom. The Balaban J connectivity index is 1.46. The number of carbonyl (C=O) groups is 1. The molecule has 0 N–H and O–H groups in total. The molecule has 2 aliphatic rings. The molecule has 0 saturated carbocycles. The standard InChI is InChI=1S/C27H28O7/c1-16-23(31-17(2)28)24-25(26(30-16)32-22-13-11-21(29-4)12-14-22)34-27(3,33-24)20-10-9-18-7-5-6-8-19(18)15-20/h5-16,23-26H,1-4H3/t16-,23-,24+,25+,26-,27+/m0/s1. The molecule has 178 valence electrons. The van der Waals surface area contributed by atoms with Gasteiger partial charge in [0, 0.05) is 12.5 Å². The number of carbonyl (C=O) groups excluding carboxylic acids is 1. The number of esters is 1. The van der Waals surface area contributed by atoms with Gasteiger partial charge in [0.15, 0.2) is 18.0 Å². The summed E-state index contributed by atoms with van der Waals surface area (Å²) >= 11 is 0. The monoisotopic (exact) mass is 464 g/mol. The van der Waals surface area contributed by atoms with Crippen molar-refractivity contribution in [2.75, 3.05) is 7.11 Å². The van der Waals surface area contributed by atoms with E-state index in [-0.39, 0.29) is 0 Å². The number of methoxy groups -OCH3 is 1. The lowest BCUT2D eigenvalue weighted by Crippen LogP contribution is -2.58. The topological polar surface area (TPSA) is 72.5 Å². The highest BCUT2D eigenvalue weighted by molar-refractivity contribution is 5.83. The number of hydrogen-bond acceptors (Lipinski definition) is 7. The van der Waals surface area contributed by atoms with Gasteiger partial charge in [-0.15, -0.1) is 0 Å². The fourth-order valence-corrected chi connectivity index (χ4v) is 4.62. The first-order valence-electron chi connectivity index (χ1n) is 11.3. The summed E-state index contributed by atoms with van der Waals surface area (Å²) in [4.78, 5) is 11.8. The van der Waals surface area contributed by atoms with Crippen LogP contribution in [0.1, 0.15) is 26.3 Å². The number of rotatable bonds is 5. The minimum atomic E-state index is -1.08. The van der Waals surface area contributed by atoms with Crippen LogP contribution in [0.5, 0.6) is 11.5 Å². The number of benzene rings is 3. The molecule has 3 aromatic carbocycles. The number of hydrogen-bond donors (Lipinski definition) is 0. The minimum Gasteiger partial charge on any atom is -0.497 e. The fraction of sp³-hybridized carbons (Fsp3) is 0.370.